The van der Waals surface area contributed by atoms with Crippen LogP contribution in [0.4, 0.5) is 5.95 Å². The maximum atomic E-state index is 5.98. The minimum atomic E-state index is 0.543. The van der Waals surface area contributed by atoms with E-state index >= 15 is 0 Å². The van der Waals surface area contributed by atoms with Crippen molar-refractivity contribution in [3.05, 3.63) is 16.9 Å². The van der Waals surface area contributed by atoms with E-state index in [9.17, 15) is 0 Å². The molecule has 2 heterocycles. The Morgan fingerprint density at radius 2 is 2.44 bits per heavy atom. The fourth-order valence-corrected chi connectivity index (χ4v) is 2.06. The van der Waals surface area contributed by atoms with Crippen molar-refractivity contribution in [2.45, 2.75) is 13.3 Å². The number of rotatable bonds is 3. The van der Waals surface area contributed by atoms with Crippen LogP contribution in [0, 0.1) is 12.8 Å². The lowest BCUT2D eigenvalue weighted by molar-refractivity contribution is 0.573. The molecule has 1 aromatic heterocycles. The van der Waals surface area contributed by atoms with Crippen LogP contribution in [0.3, 0.4) is 0 Å². The molecule has 1 aliphatic heterocycles. The summed E-state index contributed by atoms with van der Waals surface area (Å²) >= 11 is 5.98. The van der Waals surface area contributed by atoms with Gasteiger partial charge in [-0.3, -0.25) is 0 Å². The average molecular weight is 241 g/mol. The molecule has 1 aromatic rings. The first-order valence-electron chi connectivity index (χ1n) is 5.58. The first-order chi connectivity index (χ1) is 7.66. The predicted molar refractivity (Wildman–Crippen MR) is 66.0 cm³/mol. The molecule has 0 amide bonds. The number of aryl methyl sites for hydroxylation is 1. The smallest absolute Gasteiger partial charge is 0.226 e. The Kier molecular flexibility index (Phi) is 3.61. The predicted octanol–water partition coefficient (Wildman–Crippen LogP) is 1.48. The highest BCUT2D eigenvalue weighted by Crippen LogP contribution is 2.16. The summed E-state index contributed by atoms with van der Waals surface area (Å²) in [5, 5.41) is 3.90. The number of hydrogen-bond acceptors (Lipinski definition) is 4. The summed E-state index contributed by atoms with van der Waals surface area (Å²) in [7, 11) is 2.01. The Morgan fingerprint density at radius 1 is 1.62 bits per heavy atom. The van der Waals surface area contributed by atoms with Gasteiger partial charge in [-0.2, -0.15) is 0 Å². The van der Waals surface area contributed by atoms with Gasteiger partial charge >= 0.3 is 0 Å². The molecule has 0 saturated carbocycles. The Hall–Kier alpha value is -0.870. The molecule has 0 aliphatic carbocycles. The third-order valence-electron chi connectivity index (χ3n) is 2.93. The lowest BCUT2D eigenvalue weighted by Gasteiger charge is -2.20. The van der Waals surface area contributed by atoms with Gasteiger partial charge in [0.25, 0.3) is 0 Å². The molecule has 1 saturated heterocycles. The standard InChI is InChI=1S/C11H17ClN4/c1-8-5-14-11(15-10(8)12)16(2)7-9-3-4-13-6-9/h5,9,13H,3-4,6-7H2,1-2H3/t9-/m0/s1. The first kappa shape index (κ1) is 11.6. The van der Waals surface area contributed by atoms with Gasteiger partial charge in [-0.25, -0.2) is 9.97 Å². The molecule has 0 aromatic carbocycles. The zero-order valence-corrected chi connectivity index (χ0v) is 10.5. The fraction of sp³-hybridized carbons (Fsp3) is 0.636. The first-order valence-corrected chi connectivity index (χ1v) is 5.95. The van der Waals surface area contributed by atoms with Crippen molar-refractivity contribution in [3.63, 3.8) is 0 Å². The van der Waals surface area contributed by atoms with Crippen LogP contribution in [0.1, 0.15) is 12.0 Å². The molecule has 0 radical (unpaired) electrons. The molecule has 1 atom stereocenters. The van der Waals surface area contributed by atoms with E-state index in [1.807, 2.05) is 14.0 Å². The van der Waals surface area contributed by atoms with Crippen molar-refractivity contribution < 1.29 is 0 Å². The molecule has 0 spiro atoms. The van der Waals surface area contributed by atoms with Crippen LogP contribution in [0.15, 0.2) is 6.20 Å². The van der Waals surface area contributed by atoms with Crippen LogP contribution in [-0.2, 0) is 0 Å². The van der Waals surface area contributed by atoms with E-state index in [0.29, 0.717) is 17.0 Å². The molecular weight excluding hydrogens is 224 g/mol. The largest absolute Gasteiger partial charge is 0.344 e. The monoisotopic (exact) mass is 240 g/mol. The minimum Gasteiger partial charge on any atom is -0.344 e. The Labute approximate surface area is 101 Å². The van der Waals surface area contributed by atoms with Crippen LogP contribution >= 0.6 is 11.6 Å². The molecule has 88 valence electrons. The second-order valence-electron chi connectivity index (χ2n) is 4.38. The molecular formula is C11H17ClN4. The van der Waals surface area contributed by atoms with Crippen LogP contribution in [0.25, 0.3) is 0 Å². The molecule has 1 N–H and O–H groups in total. The van der Waals surface area contributed by atoms with Crippen LogP contribution < -0.4 is 10.2 Å². The molecule has 5 heteroatoms. The van der Waals surface area contributed by atoms with E-state index in [2.05, 4.69) is 20.2 Å². The highest BCUT2D eigenvalue weighted by molar-refractivity contribution is 6.30. The van der Waals surface area contributed by atoms with Crippen molar-refractivity contribution >= 4 is 17.5 Å². The topological polar surface area (TPSA) is 41.1 Å². The molecule has 2 rings (SSSR count). The Bertz CT molecular complexity index is 363. The van der Waals surface area contributed by atoms with E-state index < -0.39 is 0 Å². The number of hydrogen-bond donors (Lipinski definition) is 1. The second kappa shape index (κ2) is 4.97. The summed E-state index contributed by atoms with van der Waals surface area (Å²) in [6.07, 6.45) is 3.00. The molecule has 0 bridgehead atoms. The van der Waals surface area contributed by atoms with Gasteiger partial charge < -0.3 is 10.2 Å². The third kappa shape index (κ3) is 2.62. The van der Waals surface area contributed by atoms with Crippen molar-refractivity contribution in [3.8, 4) is 0 Å². The summed E-state index contributed by atoms with van der Waals surface area (Å²) in [5.74, 6) is 1.40. The third-order valence-corrected chi connectivity index (χ3v) is 3.32. The van der Waals surface area contributed by atoms with E-state index in [-0.39, 0.29) is 0 Å². The minimum absolute atomic E-state index is 0.543. The number of nitrogens with zero attached hydrogens (tertiary/aromatic N) is 3. The summed E-state index contributed by atoms with van der Waals surface area (Å²) in [6.45, 7) is 5.09. The van der Waals surface area contributed by atoms with Gasteiger partial charge in [-0.15, -0.1) is 0 Å². The van der Waals surface area contributed by atoms with Gasteiger partial charge in [0.1, 0.15) is 5.15 Å². The summed E-state index contributed by atoms with van der Waals surface area (Å²) < 4.78 is 0. The quantitative estimate of drug-likeness (QED) is 0.813. The van der Waals surface area contributed by atoms with Crippen molar-refractivity contribution in [1.29, 1.82) is 0 Å². The van der Waals surface area contributed by atoms with Crippen molar-refractivity contribution in [1.82, 2.24) is 15.3 Å². The molecule has 1 aliphatic rings. The molecule has 0 unspecified atom stereocenters. The lowest BCUT2D eigenvalue weighted by Crippen LogP contribution is -2.28. The highest BCUT2D eigenvalue weighted by Gasteiger charge is 2.17. The SMILES string of the molecule is Cc1cnc(N(C)C[C@H]2CCNC2)nc1Cl. The van der Waals surface area contributed by atoms with Gasteiger partial charge in [-0.05, 0) is 32.4 Å². The van der Waals surface area contributed by atoms with E-state index in [0.717, 1.165) is 25.2 Å². The summed E-state index contributed by atoms with van der Waals surface area (Å²) in [4.78, 5) is 10.6. The van der Waals surface area contributed by atoms with Crippen molar-refractivity contribution in [2.24, 2.45) is 5.92 Å². The molecule has 16 heavy (non-hydrogen) atoms. The van der Waals surface area contributed by atoms with Crippen LogP contribution in [0.5, 0.6) is 0 Å². The highest BCUT2D eigenvalue weighted by atomic mass is 35.5. The van der Waals surface area contributed by atoms with E-state index in [4.69, 9.17) is 11.6 Å². The van der Waals surface area contributed by atoms with Gasteiger partial charge in [-0.1, -0.05) is 11.6 Å². The number of halogens is 1. The Morgan fingerprint density at radius 3 is 3.06 bits per heavy atom. The molecule has 1 fully saturated rings. The van der Waals surface area contributed by atoms with E-state index in [1.54, 1.807) is 6.20 Å². The summed E-state index contributed by atoms with van der Waals surface area (Å²) in [5.41, 5.74) is 0.918. The average Bonchev–Trinajstić information content (AvgIpc) is 2.74. The number of nitrogens with one attached hydrogen (secondary N) is 1. The maximum absolute atomic E-state index is 5.98. The van der Waals surface area contributed by atoms with Crippen LogP contribution in [-0.4, -0.2) is 36.6 Å². The zero-order valence-electron chi connectivity index (χ0n) is 9.70. The lowest BCUT2D eigenvalue weighted by atomic mass is 10.1. The fourth-order valence-electron chi connectivity index (χ4n) is 1.94. The van der Waals surface area contributed by atoms with Gasteiger partial charge in [0, 0.05) is 25.4 Å². The molecule has 4 nitrogen and oxygen atoms in total. The zero-order chi connectivity index (χ0) is 11.5. The maximum Gasteiger partial charge on any atom is 0.226 e. The number of aromatic nitrogens is 2. The van der Waals surface area contributed by atoms with Gasteiger partial charge in [0.2, 0.25) is 5.95 Å². The van der Waals surface area contributed by atoms with Gasteiger partial charge in [0.05, 0.1) is 0 Å². The van der Waals surface area contributed by atoms with E-state index in [1.165, 1.54) is 6.42 Å². The van der Waals surface area contributed by atoms with Crippen LogP contribution in [0.2, 0.25) is 5.15 Å². The normalized spacial score (nSPS) is 20.1. The van der Waals surface area contributed by atoms with Gasteiger partial charge in [0.15, 0.2) is 0 Å². The summed E-state index contributed by atoms with van der Waals surface area (Å²) in [6, 6.07) is 0. The number of anilines is 1. The van der Waals surface area contributed by atoms with Crippen molar-refractivity contribution in [2.75, 3.05) is 31.6 Å². The second-order valence-corrected chi connectivity index (χ2v) is 4.74. The Balaban J connectivity index is 2.02.